The maximum Gasteiger partial charge on any atom is 0.329 e. The molecule has 0 radical (unpaired) electrons. The van der Waals surface area contributed by atoms with Crippen LogP contribution in [0.5, 0.6) is 0 Å². The standard InChI is InChI=1S/C18H27N3O3/c1-4-13(5-2)16(22)11-19-17(23)12-21-15-10-8-7-9-14(15)20(6-3)18(21)24/h7-10,13,16,22H,4-6,11-12H2,1-3H3,(H,19,23). The van der Waals surface area contributed by atoms with Crippen LogP contribution in [0.1, 0.15) is 33.6 Å². The van der Waals surface area contributed by atoms with Crippen molar-refractivity contribution in [1.29, 1.82) is 0 Å². The van der Waals surface area contributed by atoms with Gasteiger partial charge in [-0.1, -0.05) is 38.8 Å². The number of imidazole rings is 1. The molecule has 1 aromatic heterocycles. The number of amides is 1. The predicted octanol–water partition coefficient (Wildman–Crippen LogP) is 1.74. The highest BCUT2D eigenvalue weighted by molar-refractivity contribution is 5.80. The van der Waals surface area contributed by atoms with Crippen LogP contribution >= 0.6 is 0 Å². The third-order valence-corrected chi connectivity index (χ3v) is 4.64. The third-order valence-electron chi connectivity index (χ3n) is 4.64. The first-order valence-corrected chi connectivity index (χ1v) is 8.66. The Bertz CT molecular complexity index is 744. The lowest BCUT2D eigenvalue weighted by Crippen LogP contribution is -2.39. The number of aliphatic hydroxyl groups excluding tert-OH is 1. The van der Waals surface area contributed by atoms with Crippen LogP contribution in [0.15, 0.2) is 29.1 Å². The molecule has 6 nitrogen and oxygen atoms in total. The van der Waals surface area contributed by atoms with Gasteiger partial charge in [-0.3, -0.25) is 13.9 Å². The van der Waals surface area contributed by atoms with Crippen molar-refractivity contribution in [2.75, 3.05) is 6.54 Å². The van der Waals surface area contributed by atoms with Crippen LogP contribution in [0.25, 0.3) is 11.0 Å². The molecule has 0 spiro atoms. The second-order valence-electron chi connectivity index (χ2n) is 6.05. The van der Waals surface area contributed by atoms with Gasteiger partial charge < -0.3 is 10.4 Å². The van der Waals surface area contributed by atoms with Gasteiger partial charge in [-0.05, 0) is 25.0 Å². The number of carbonyl (C=O) groups excluding carboxylic acids is 1. The molecule has 6 heteroatoms. The molecule has 2 N–H and O–H groups in total. The number of benzene rings is 1. The van der Waals surface area contributed by atoms with Crippen LogP contribution in [-0.4, -0.2) is 32.8 Å². The number of fused-ring (bicyclic) bond motifs is 1. The summed E-state index contributed by atoms with van der Waals surface area (Å²) < 4.78 is 3.14. The molecule has 132 valence electrons. The number of carbonyl (C=O) groups is 1. The van der Waals surface area contributed by atoms with Gasteiger partial charge in [-0.25, -0.2) is 4.79 Å². The topological polar surface area (TPSA) is 76.3 Å². The molecule has 24 heavy (non-hydrogen) atoms. The Morgan fingerprint density at radius 1 is 1.12 bits per heavy atom. The zero-order valence-electron chi connectivity index (χ0n) is 14.7. The smallest absolute Gasteiger partial charge is 0.329 e. The fraction of sp³-hybridized carbons (Fsp3) is 0.556. The Labute approximate surface area is 142 Å². The minimum Gasteiger partial charge on any atom is -0.391 e. The lowest BCUT2D eigenvalue weighted by molar-refractivity contribution is -0.122. The van der Waals surface area contributed by atoms with Crippen LogP contribution in [-0.2, 0) is 17.9 Å². The van der Waals surface area contributed by atoms with Gasteiger partial charge >= 0.3 is 5.69 Å². The highest BCUT2D eigenvalue weighted by Crippen LogP contribution is 2.13. The van der Waals surface area contributed by atoms with E-state index in [0.29, 0.717) is 6.54 Å². The van der Waals surface area contributed by atoms with Crippen molar-refractivity contribution in [1.82, 2.24) is 14.5 Å². The number of nitrogens with zero attached hydrogens (tertiary/aromatic N) is 2. The summed E-state index contributed by atoms with van der Waals surface area (Å²) in [6, 6.07) is 7.46. The highest BCUT2D eigenvalue weighted by Gasteiger charge is 2.18. The largest absolute Gasteiger partial charge is 0.391 e. The predicted molar refractivity (Wildman–Crippen MR) is 95.0 cm³/mol. The highest BCUT2D eigenvalue weighted by atomic mass is 16.3. The van der Waals surface area contributed by atoms with Crippen LogP contribution in [0.4, 0.5) is 0 Å². The average Bonchev–Trinajstić information content (AvgIpc) is 2.85. The molecule has 0 fully saturated rings. The van der Waals surface area contributed by atoms with Gasteiger partial charge in [0.05, 0.1) is 17.1 Å². The fourth-order valence-electron chi connectivity index (χ4n) is 3.15. The number of aromatic nitrogens is 2. The fourth-order valence-corrected chi connectivity index (χ4v) is 3.15. The molecule has 0 aliphatic heterocycles. The van der Waals surface area contributed by atoms with Crippen molar-refractivity contribution in [3.05, 3.63) is 34.7 Å². The monoisotopic (exact) mass is 333 g/mol. The van der Waals surface area contributed by atoms with Gasteiger partial charge in [-0.2, -0.15) is 0 Å². The minimum atomic E-state index is -0.558. The van der Waals surface area contributed by atoms with E-state index in [1.54, 1.807) is 4.57 Å². The van der Waals surface area contributed by atoms with Crippen molar-refractivity contribution in [3.8, 4) is 0 Å². The van der Waals surface area contributed by atoms with Gasteiger partial charge in [0.15, 0.2) is 0 Å². The maximum atomic E-state index is 12.5. The van der Waals surface area contributed by atoms with Crippen molar-refractivity contribution < 1.29 is 9.90 Å². The molecule has 0 saturated heterocycles. The molecular weight excluding hydrogens is 306 g/mol. The molecule has 2 aromatic rings. The van der Waals surface area contributed by atoms with E-state index in [4.69, 9.17) is 0 Å². The molecule has 1 unspecified atom stereocenters. The van der Waals surface area contributed by atoms with E-state index in [9.17, 15) is 14.7 Å². The van der Waals surface area contributed by atoms with Crippen molar-refractivity contribution >= 4 is 16.9 Å². The summed E-state index contributed by atoms with van der Waals surface area (Å²) in [4.78, 5) is 24.7. The van der Waals surface area contributed by atoms with Crippen LogP contribution in [0.3, 0.4) is 0 Å². The van der Waals surface area contributed by atoms with E-state index in [2.05, 4.69) is 5.32 Å². The van der Waals surface area contributed by atoms with E-state index in [1.807, 2.05) is 45.0 Å². The molecule has 1 atom stereocenters. The van der Waals surface area contributed by atoms with E-state index in [1.165, 1.54) is 4.57 Å². The van der Waals surface area contributed by atoms with Gasteiger partial charge in [-0.15, -0.1) is 0 Å². The van der Waals surface area contributed by atoms with Crippen molar-refractivity contribution in [3.63, 3.8) is 0 Å². The number of para-hydroxylation sites is 2. The van der Waals surface area contributed by atoms with E-state index in [0.717, 1.165) is 23.9 Å². The summed E-state index contributed by atoms with van der Waals surface area (Å²) in [6.07, 6.45) is 1.19. The normalized spacial score (nSPS) is 12.7. The third kappa shape index (κ3) is 3.70. The number of nitrogens with one attached hydrogen (secondary N) is 1. The zero-order chi connectivity index (χ0) is 17.7. The van der Waals surface area contributed by atoms with Crippen molar-refractivity contribution in [2.45, 2.75) is 52.8 Å². The van der Waals surface area contributed by atoms with Gasteiger partial charge in [0.1, 0.15) is 6.54 Å². The van der Waals surface area contributed by atoms with Crippen LogP contribution in [0.2, 0.25) is 0 Å². The summed E-state index contributed by atoms with van der Waals surface area (Å²) in [6.45, 7) is 6.69. The summed E-state index contributed by atoms with van der Waals surface area (Å²) in [5.41, 5.74) is 1.39. The first kappa shape index (κ1) is 18.3. The van der Waals surface area contributed by atoms with Gasteiger partial charge in [0.25, 0.3) is 0 Å². The molecule has 2 rings (SSSR count). The van der Waals surface area contributed by atoms with Crippen LogP contribution < -0.4 is 11.0 Å². The molecule has 1 aromatic carbocycles. The average molecular weight is 333 g/mol. The number of aliphatic hydroxyl groups is 1. The minimum absolute atomic E-state index is 0.0397. The zero-order valence-corrected chi connectivity index (χ0v) is 14.7. The van der Waals surface area contributed by atoms with Crippen LogP contribution in [0, 0.1) is 5.92 Å². The van der Waals surface area contributed by atoms with Gasteiger partial charge in [0.2, 0.25) is 5.91 Å². The molecule has 1 amide bonds. The first-order valence-electron chi connectivity index (χ1n) is 8.66. The molecule has 1 heterocycles. The summed E-state index contributed by atoms with van der Waals surface area (Å²) in [5, 5.41) is 12.8. The number of hydrogen-bond acceptors (Lipinski definition) is 3. The number of rotatable bonds is 8. The second-order valence-corrected chi connectivity index (χ2v) is 6.05. The Hall–Kier alpha value is -2.08. The Kier molecular flexibility index (Phi) is 6.20. The summed E-state index contributed by atoms with van der Waals surface area (Å²) >= 11 is 0. The molecule has 0 saturated carbocycles. The summed E-state index contributed by atoms with van der Waals surface area (Å²) in [7, 11) is 0. The van der Waals surface area contributed by atoms with E-state index < -0.39 is 6.10 Å². The Morgan fingerprint density at radius 2 is 1.71 bits per heavy atom. The number of hydrogen-bond donors (Lipinski definition) is 2. The van der Waals surface area contributed by atoms with Crippen molar-refractivity contribution in [2.24, 2.45) is 5.92 Å². The Morgan fingerprint density at radius 3 is 2.25 bits per heavy atom. The molecular formula is C18H27N3O3. The summed E-state index contributed by atoms with van der Waals surface area (Å²) in [5.74, 6) is -0.0869. The van der Waals surface area contributed by atoms with E-state index in [-0.39, 0.29) is 30.6 Å². The van der Waals surface area contributed by atoms with E-state index >= 15 is 0 Å². The SMILES string of the molecule is CCC(CC)C(O)CNC(=O)Cn1c(=O)n(CC)c2ccccc21. The quantitative estimate of drug-likeness (QED) is 0.772. The molecule has 0 bridgehead atoms. The lowest BCUT2D eigenvalue weighted by Gasteiger charge is -2.20. The second kappa shape index (κ2) is 8.15. The number of aryl methyl sites for hydroxylation is 1. The Balaban J connectivity index is 2.11. The molecule has 0 aliphatic carbocycles. The molecule has 0 aliphatic rings. The van der Waals surface area contributed by atoms with Gasteiger partial charge in [0, 0.05) is 13.1 Å². The lowest BCUT2D eigenvalue weighted by atomic mass is 9.96. The first-order chi connectivity index (χ1) is 11.5. The maximum absolute atomic E-state index is 12.5.